The van der Waals surface area contributed by atoms with Gasteiger partial charge in [-0.1, -0.05) is 0 Å². The molecule has 2 aliphatic carbocycles. The summed E-state index contributed by atoms with van der Waals surface area (Å²) in [5.74, 6) is 1.40. The molecule has 3 fully saturated rings. The van der Waals surface area contributed by atoms with E-state index < -0.39 is 0 Å². The van der Waals surface area contributed by atoms with Gasteiger partial charge in [0.15, 0.2) is 0 Å². The molecule has 0 radical (unpaired) electrons. The van der Waals surface area contributed by atoms with Crippen molar-refractivity contribution in [3.05, 3.63) is 0 Å². The fraction of sp³-hybridized carbons (Fsp3) is 1.00. The summed E-state index contributed by atoms with van der Waals surface area (Å²) in [6.07, 6.45) is 5.42. The maximum absolute atomic E-state index is 9.53. The first-order valence-electron chi connectivity index (χ1n) is 5.06. The lowest BCUT2D eigenvalue weighted by molar-refractivity contribution is 0.116. The largest absolute Gasteiger partial charge is 0.390 e. The van der Waals surface area contributed by atoms with E-state index in [0.29, 0.717) is 12.5 Å². The summed E-state index contributed by atoms with van der Waals surface area (Å²) in [6, 6.07) is 0. The lowest BCUT2D eigenvalue weighted by Crippen LogP contribution is -2.18. The van der Waals surface area contributed by atoms with Gasteiger partial charge in [0.2, 0.25) is 0 Å². The number of aliphatic hydroxyl groups excluding tert-OH is 1. The van der Waals surface area contributed by atoms with Gasteiger partial charge in [0, 0.05) is 5.92 Å². The molecule has 2 saturated carbocycles. The summed E-state index contributed by atoms with van der Waals surface area (Å²) in [5.41, 5.74) is 0.794. The Morgan fingerprint density at radius 2 is 2.17 bits per heavy atom. The second-order valence-electron chi connectivity index (χ2n) is 4.86. The van der Waals surface area contributed by atoms with E-state index in [0.717, 1.165) is 17.9 Å². The molecule has 2 nitrogen and oxygen atoms in total. The van der Waals surface area contributed by atoms with E-state index in [-0.39, 0.29) is 6.10 Å². The van der Waals surface area contributed by atoms with Crippen LogP contribution in [0, 0.1) is 17.3 Å². The Labute approximate surface area is 72.9 Å². The van der Waals surface area contributed by atoms with Gasteiger partial charge < -0.3 is 9.84 Å². The molecule has 0 aromatic heterocycles. The average molecular weight is 168 g/mol. The van der Waals surface area contributed by atoms with Crippen LogP contribution in [-0.4, -0.2) is 24.4 Å². The lowest BCUT2D eigenvalue weighted by atomic mass is 9.98. The predicted octanol–water partition coefficient (Wildman–Crippen LogP) is 1.18. The number of hydrogen-bond acceptors (Lipinski definition) is 2. The highest BCUT2D eigenvalue weighted by molar-refractivity contribution is 5.12. The molecule has 3 atom stereocenters. The number of aliphatic hydroxyl groups is 1. The lowest BCUT2D eigenvalue weighted by Gasteiger charge is -2.10. The highest BCUT2D eigenvalue weighted by Gasteiger charge is 2.62. The first-order valence-corrected chi connectivity index (χ1v) is 5.06. The molecule has 0 aromatic rings. The molecule has 68 valence electrons. The summed E-state index contributed by atoms with van der Waals surface area (Å²) in [4.78, 5) is 0. The highest BCUT2D eigenvalue weighted by Crippen LogP contribution is 2.72. The highest BCUT2D eigenvalue weighted by atomic mass is 16.5. The van der Waals surface area contributed by atoms with Gasteiger partial charge >= 0.3 is 0 Å². The molecule has 2 heteroatoms. The standard InChI is InChI=1S/C10H16O2/c11-9-6-12-5-7(9)3-8-4-10(8)1-2-10/h7-9,11H,1-6H2/t7-,8?,9-/m1/s1. The Morgan fingerprint density at radius 1 is 1.33 bits per heavy atom. The van der Waals surface area contributed by atoms with Crippen molar-refractivity contribution in [2.75, 3.05) is 13.2 Å². The van der Waals surface area contributed by atoms with Crippen LogP contribution in [0.5, 0.6) is 0 Å². The average Bonchev–Trinajstić information content (AvgIpc) is 2.91. The molecule has 12 heavy (non-hydrogen) atoms. The molecule has 3 rings (SSSR count). The van der Waals surface area contributed by atoms with Crippen molar-refractivity contribution in [3.63, 3.8) is 0 Å². The van der Waals surface area contributed by atoms with Crippen LogP contribution in [0.15, 0.2) is 0 Å². The Kier molecular flexibility index (Phi) is 1.37. The van der Waals surface area contributed by atoms with Crippen molar-refractivity contribution in [2.45, 2.75) is 31.8 Å². The minimum Gasteiger partial charge on any atom is -0.390 e. The van der Waals surface area contributed by atoms with Gasteiger partial charge in [-0.2, -0.15) is 0 Å². The zero-order valence-electron chi connectivity index (χ0n) is 7.33. The minimum atomic E-state index is -0.165. The summed E-state index contributed by atoms with van der Waals surface area (Å²) in [7, 11) is 0. The van der Waals surface area contributed by atoms with Crippen LogP contribution < -0.4 is 0 Å². The van der Waals surface area contributed by atoms with Crippen molar-refractivity contribution >= 4 is 0 Å². The summed E-state index contributed by atoms with van der Waals surface area (Å²) in [5, 5.41) is 9.53. The van der Waals surface area contributed by atoms with E-state index in [1.165, 1.54) is 25.7 Å². The zero-order chi connectivity index (χ0) is 8.18. The van der Waals surface area contributed by atoms with Crippen molar-refractivity contribution in [1.82, 2.24) is 0 Å². The normalized spacial score (nSPS) is 48.2. The quantitative estimate of drug-likeness (QED) is 0.671. The van der Waals surface area contributed by atoms with Crippen molar-refractivity contribution in [1.29, 1.82) is 0 Å². The molecule has 1 unspecified atom stereocenters. The van der Waals surface area contributed by atoms with E-state index >= 15 is 0 Å². The number of rotatable bonds is 2. The van der Waals surface area contributed by atoms with Gasteiger partial charge in [0.25, 0.3) is 0 Å². The topological polar surface area (TPSA) is 29.5 Å². The fourth-order valence-electron chi connectivity index (χ4n) is 2.72. The SMILES string of the molecule is O[C@@H]1COC[C@H]1CC1CC12CC2. The molecule has 1 saturated heterocycles. The third-order valence-corrected chi connectivity index (χ3v) is 4.00. The monoisotopic (exact) mass is 168 g/mol. The Bertz CT molecular complexity index is 198. The molecule has 1 heterocycles. The second-order valence-corrected chi connectivity index (χ2v) is 4.86. The molecule has 0 aromatic carbocycles. The zero-order valence-corrected chi connectivity index (χ0v) is 7.33. The summed E-state index contributed by atoms with van der Waals surface area (Å²) < 4.78 is 5.24. The van der Waals surface area contributed by atoms with Gasteiger partial charge in [0.05, 0.1) is 19.3 Å². The van der Waals surface area contributed by atoms with E-state index in [2.05, 4.69) is 0 Å². The van der Waals surface area contributed by atoms with Gasteiger partial charge in [-0.05, 0) is 37.0 Å². The molecule has 1 N–H and O–H groups in total. The Morgan fingerprint density at radius 3 is 2.67 bits per heavy atom. The smallest absolute Gasteiger partial charge is 0.0823 e. The van der Waals surface area contributed by atoms with E-state index in [1.54, 1.807) is 0 Å². The van der Waals surface area contributed by atoms with Crippen molar-refractivity contribution in [2.24, 2.45) is 17.3 Å². The number of ether oxygens (including phenoxy) is 1. The van der Waals surface area contributed by atoms with Crippen molar-refractivity contribution < 1.29 is 9.84 Å². The first-order chi connectivity index (χ1) is 5.80. The van der Waals surface area contributed by atoms with Crippen LogP contribution >= 0.6 is 0 Å². The molecule has 1 spiro atoms. The van der Waals surface area contributed by atoms with Crippen molar-refractivity contribution in [3.8, 4) is 0 Å². The summed E-state index contributed by atoms with van der Waals surface area (Å²) in [6.45, 7) is 1.37. The van der Waals surface area contributed by atoms with E-state index in [1.807, 2.05) is 0 Å². The van der Waals surface area contributed by atoms with Gasteiger partial charge in [-0.15, -0.1) is 0 Å². The maximum Gasteiger partial charge on any atom is 0.0823 e. The van der Waals surface area contributed by atoms with Crippen LogP contribution in [0.2, 0.25) is 0 Å². The second kappa shape index (κ2) is 2.24. The van der Waals surface area contributed by atoms with E-state index in [4.69, 9.17) is 4.74 Å². The molecule has 1 aliphatic heterocycles. The Hall–Kier alpha value is -0.0800. The van der Waals surface area contributed by atoms with Crippen LogP contribution in [0.25, 0.3) is 0 Å². The minimum absolute atomic E-state index is 0.165. The van der Waals surface area contributed by atoms with E-state index in [9.17, 15) is 5.11 Å². The first kappa shape index (κ1) is 7.34. The van der Waals surface area contributed by atoms with Crippen LogP contribution in [0.1, 0.15) is 25.7 Å². The third-order valence-electron chi connectivity index (χ3n) is 4.00. The van der Waals surface area contributed by atoms with Crippen LogP contribution in [0.4, 0.5) is 0 Å². The maximum atomic E-state index is 9.53. The fourth-order valence-corrected chi connectivity index (χ4v) is 2.72. The molecule has 0 bridgehead atoms. The summed E-state index contributed by atoms with van der Waals surface area (Å²) >= 11 is 0. The van der Waals surface area contributed by atoms with Crippen LogP contribution in [-0.2, 0) is 4.74 Å². The number of hydrogen-bond donors (Lipinski definition) is 1. The Balaban J connectivity index is 1.55. The van der Waals surface area contributed by atoms with Gasteiger partial charge in [-0.3, -0.25) is 0 Å². The third kappa shape index (κ3) is 1.01. The van der Waals surface area contributed by atoms with Gasteiger partial charge in [-0.25, -0.2) is 0 Å². The molecular formula is C10H16O2. The van der Waals surface area contributed by atoms with Gasteiger partial charge in [0.1, 0.15) is 0 Å². The molecule has 3 aliphatic rings. The van der Waals surface area contributed by atoms with Crippen LogP contribution in [0.3, 0.4) is 0 Å². The molecular weight excluding hydrogens is 152 g/mol. The predicted molar refractivity (Wildman–Crippen MR) is 44.7 cm³/mol. The molecule has 0 amide bonds.